The zero-order chi connectivity index (χ0) is 14.6. The van der Waals surface area contributed by atoms with Gasteiger partial charge in [0.15, 0.2) is 0 Å². The summed E-state index contributed by atoms with van der Waals surface area (Å²) in [4.78, 5) is 13.6. The number of carbonyl (C=O) groups is 1. The number of amides is 1. The summed E-state index contributed by atoms with van der Waals surface area (Å²) in [6.45, 7) is 0. The van der Waals surface area contributed by atoms with E-state index in [0.717, 1.165) is 23.4 Å². The summed E-state index contributed by atoms with van der Waals surface area (Å²) in [5.74, 6) is 2.90. The quantitative estimate of drug-likeness (QED) is 0.925. The molecule has 1 amide bonds. The zero-order valence-electron chi connectivity index (χ0n) is 12.9. The highest BCUT2D eigenvalue weighted by Gasteiger charge is 2.54. The van der Waals surface area contributed by atoms with Gasteiger partial charge in [-0.3, -0.25) is 4.79 Å². The molecule has 3 atom stereocenters. The number of hydrogen-bond donors (Lipinski definition) is 1. The predicted molar refractivity (Wildman–Crippen MR) is 84.3 cm³/mol. The summed E-state index contributed by atoms with van der Waals surface area (Å²) in [6.07, 6.45) is 6.22. The lowest BCUT2D eigenvalue weighted by molar-refractivity contribution is -0.117. The Hall–Kier alpha value is -1.35. The highest BCUT2D eigenvalue weighted by Crippen LogP contribution is 2.60. The average Bonchev–Trinajstić information content (AvgIpc) is 3.14. The topological polar surface area (TPSA) is 32.3 Å². The molecule has 1 aliphatic heterocycles. The standard InChI is InChI=1S/C18H24N2O/c1-19-18(17-13-5-3-4-6-14(13)17)11-7-8-15-12(9-11)10-16(21)20(15)2/h7-9,13-14,17-19H,3-6,10H2,1-2H3. The second-order valence-corrected chi connectivity index (χ2v) is 6.97. The van der Waals surface area contributed by atoms with Crippen LogP contribution in [-0.4, -0.2) is 20.0 Å². The van der Waals surface area contributed by atoms with E-state index in [9.17, 15) is 4.79 Å². The molecule has 2 saturated carbocycles. The van der Waals surface area contributed by atoms with Crippen molar-refractivity contribution in [1.29, 1.82) is 0 Å². The van der Waals surface area contributed by atoms with E-state index in [1.165, 1.54) is 36.8 Å². The van der Waals surface area contributed by atoms with Crippen LogP contribution in [0.4, 0.5) is 5.69 Å². The smallest absolute Gasteiger partial charge is 0.231 e. The van der Waals surface area contributed by atoms with Crippen LogP contribution in [0.25, 0.3) is 0 Å². The van der Waals surface area contributed by atoms with E-state index in [-0.39, 0.29) is 5.91 Å². The van der Waals surface area contributed by atoms with Crippen LogP contribution in [0.3, 0.4) is 0 Å². The van der Waals surface area contributed by atoms with Gasteiger partial charge in [0.2, 0.25) is 5.91 Å². The summed E-state index contributed by atoms with van der Waals surface area (Å²) >= 11 is 0. The fourth-order valence-corrected chi connectivity index (χ4v) is 4.81. The number of carbonyl (C=O) groups excluding carboxylic acids is 1. The van der Waals surface area contributed by atoms with Gasteiger partial charge in [0, 0.05) is 18.8 Å². The molecule has 0 radical (unpaired) electrons. The van der Waals surface area contributed by atoms with Crippen LogP contribution in [0.15, 0.2) is 18.2 Å². The number of likely N-dealkylation sites (N-methyl/N-ethyl adjacent to an activating group) is 1. The third-order valence-corrected chi connectivity index (χ3v) is 5.96. The minimum absolute atomic E-state index is 0.211. The van der Waals surface area contributed by atoms with Gasteiger partial charge in [-0.2, -0.15) is 0 Å². The van der Waals surface area contributed by atoms with Gasteiger partial charge in [0.1, 0.15) is 0 Å². The lowest BCUT2D eigenvalue weighted by atomic mass is 9.97. The van der Waals surface area contributed by atoms with Crippen LogP contribution >= 0.6 is 0 Å². The van der Waals surface area contributed by atoms with Gasteiger partial charge in [0.25, 0.3) is 0 Å². The Morgan fingerprint density at radius 1 is 1.24 bits per heavy atom. The summed E-state index contributed by atoms with van der Waals surface area (Å²) in [6, 6.07) is 7.08. The molecule has 0 aromatic heterocycles. The van der Waals surface area contributed by atoms with Crippen molar-refractivity contribution in [1.82, 2.24) is 5.32 Å². The first kappa shape index (κ1) is 13.3. The monoisotopic (exact) mass is 284 g/mol. The van der Waals surface area contributed by atoms with Gasteiger partial charge in [-0.15, -0.1) is 0 Å². The molecule has 1 N–H and O–H groups in total. The van der Waals surface area contributed by atoms with Crippen LogP contribution in [-0.2, 0) is 11.2 Å². The molecule has 3 aliphatic rings. The van der Waals surface area contributed by atoms with Gasteiger partial charge in [0.05, 0.1) is 6.42 Å². The minimum atomic E-state index is 0.211. The predicted octanol–water partition coefficient (Wildman–Crippen LogP) is 2.90. The Bertz CT molecular complexity index is 571. The van der Waals surface area contributed by atoms with Crippen molar-refractivity contribution >= 4 is 11.6 Å². The number of anilines is 1. The molecule has 2 aliphatic carbocycles. The van der Waals surface area contributed by atoms with E-state index >= 15 is 0 Å². The van der Waals surface area contributed by atoms with Gasteiger partial charge in [-0.05, 0) is 54.8 Å². The van der Waals surface area contributed by atoms with Crippen molar-refractivity contribution < 1.29 is 4.79 Å². The first-order valence-electron chi connectivity index (χ1n) is 8.27. The Morgan fingerprint density at radius 3 is 2.62 bits per heavy atom. The molecule has 2 fully saturated rings. The lowest BCUT2D eigenvalue weighted by Gasteiger charge is -2.19. The van der Waals surface area contributed by atoms with Crippen molar-refractivity contribution in [2.45, 2.75) is 38.1 Å². The second-order valence-electron chi connectivity index (χ2n) is 6.97. The van der Waals surface area contributed by atoms with Crippen LogP contribution < -0.4 is 10.2 Å². The molecule has 3 unspecified atom stereocenters. The normalized spacial score (nSPS) is 31.8. The van der Waals surface area contributed by atoms with Crippen LogP contribution in [0.2, 0.25) is 0 Å². The third kappa shape index (κ3) is 2.02. The van der Waals surface area contributed by atoms with Gasteiger partial charge < -0.3 is 10.2 Å². The SMILES string of the molecule is CNC(c1ccc2c(c1)CC(=O)N2C)C1C2CCCCC21. The molecule has 0 spiro atoms. The first-order valence-corrected chi connectivity index (χ1v) is 8.27. The van der Waals surface area contributed by atoms with Gasteiger partial charge in [-0.25, -0.2) is 0 Å². The molecule has 21 heavy (non-hydrogen) atoms. The number of nitrogens with zero attached hydrogens (tertiary/aromatic N) is 1. The summed E-state index contributed by atoms with van der Waals surface area (Å²) in [5.41, 5.74) is 3.66. The van der Waals surface area contributed by atoms with Crippen molar-refractivity contribution in [3.8, 4) is 0 Å². The molecule has 3 heteroatoms. The highest BCUT2D eigenvalue weighted by atomic mass is 16.2. The molecule has 3 nitrogen and oxygen atoms in total. The molecule has 4 rings (SSSR count). The third-order valence-electron chi connectivity index (χ3n) is 5.96. The lowest BCUT2D eigenvalue weighted by Crippen LogP contribution is -2.21. The average molecular weight is 284 g/mol. The molecule has 1 heterocycles. The van der Waals surface area contributed by atoms with E-state index in [0.29, 0.717) is 12.5 Å². The molecular weight excluding hydrogens is 260 g/mol. The van der Waals surface area contributed by atoms with E-state index < -0.39 is 0 Å². The second kappa shape index (κ2) is 4.84. The van der Waals surface area contributed by atoms with Crippen molar-refractivity contribution in [3.05, 3.63) is 29.3 Å². The van der Waals surface area contributed by atoms with Gasteiger partial charge in [-0.1, -0.05) is 25.0 Å². The Morgan fingerprint density at radius 2 is 1.95 bits per heavy atom. The molecule has 0 saturated heterocycles. The maximum absolute atomic E-state index is 11.8. The Balaban J connectivity index is 1.61. The summed E-state index contributed by atoms with van der Waals surface area (Å²) in [7, 11) is 3.96. The van der Waals surface area contributed by atoms with E-state index in [2.05, 4.69) is 30.6 Å². The van der Waals surface area contributed by atoms with E-state index in [4.69, 9.17) is 0 Å². The van der Waals surface area contributed by atoms with Crippen molar-refractivity contribution in [2.24, 2.45) is 17.8 Å². The number of benzene rings is 1. The zero-order valence-corrected chi connectivity index (χ0v) is 12.9. The molecule has 1 aromatic rings. The van der Waals surface area contributed by atoms with Crippen LogP contribution in [0.1, 0.15) is 42.9 Å². The van der Waals surface area contributed by atoms with Crippen molar-refractivity contribution in [3.63, 3.8) is 0 Å². The highest BCUT2D eigenvalue weighted by molar-refractivity contribution is 6.00. The number of hydrogen-bond acceptors (Lipinski definition) is 2. The molecular formula is C18H24N2O. The molecule has 0 bridgehead atoms. The molecule has 112 valence electrons. The molecule has 1 aromatic carbocycles. The van der Waals surface area contributed by atoms with Gasteiger partial charge >= 0.3 is 0 Å². The fraction of sp³-hybridized carbons (Fsp3) is 0.611. The summed E-state index contributed by atoms with van der Waals surface area (Å²) < 4.78 is 0. The summed E-state index contributed by atoms with van der Waals surface area (Å²) in [5, 5.41) is 3.55. The first-order chi connectivity index (χ1) is 10.2. The maximum Gasteiger partial charge on any atom is 0.231 e. The van der Waals surface area contributed by atoms with Crippen LogP contribution in [0.5, 0.6) is 0 Å². The van der Waals surface area contributed by atoms with E-state index in [1.807, 2.05) is 7.05 Å². The largest absolute Gasteiger partial charge is 0.315 e. The Labute approximate surface area is 126 Å². The maximum atomic E-state index is 11.8. The van der Waals surface area contributed by atoms with E-state index in [1.54, 1.807) is 4.90 Å². The number of nitrogens with one attached hydrogen (secondary N) is 1. The van der Waals surface area contributed by atoms with Crippen LogP contribution in [0, 0.1) is 17.8 Å². The number of fused-ring (bicyclic) bond motifs is 2. The Kier molecular flexibility index (Phi) is 3.07. The van der Waals surface area contributed by atoms with Crippen molar-refractivity contribution in [2.75, 3.05) is 19.0 Å². The number of rotatable bonds is 3. The fourth-order valence-electron chi connectivity index (χ4n) is 4.81. The minimum Gasteiger partial charge on any atom is -0.315 e.